The first kappa shape index (κ1) is 15.0. The Morgan fingerprint density at radius 3 is 2.89 bits per heavy atom. The second-order valence-electron chi connectivity index (χ2n) is 4.18. The molecule has 0 saturated heterocycles. The second kappa shape index (κ2) is 7.39. The molecule has 1 aromatic carbocycles. The molecule has 5 heteroatoms. The van der Waals surface area contributed by atoms with E-state index in [1.165, 1.54) is 6.07 Å². The van der Waals surface area contributed by atoms with Crippen LogP contribution in [0.1, 0.15) is 30.9 Å². The van der Waals surface area contributed by atoms with Gasteiger partial charge >= 0.3 is 0 Å². The van der Waals surface area contributed by atoms with Gasteiger partial charge in [0.25, 0.3) is 0 Å². The standard InChI is InChI=1S/C14H18FN3O/c1-3-5-12(4-2)17-9-11-7-6-10(8-13(11)15)14(16)18-19/h2,6-8,12,17,19H,3,5,9H2,1H3,(H2,16,18). The number of rotatable bonds is 6. The quantitative estimate of drug-likeness (QED) is 0.241. The summed E-state index contributed by atoms with van der Waals surface area (Å²) in [5, 5.41) is 14.5. The van der Waals surface area contributed by atoms with Crippen LogP contribution in [0.3, 0.4) is 0 Å². The smallest absolute Gasteiger partial charge is 0.170 e. The zero-order valence-corrected chi connectivity index (χ0v) is 10.9. The number of amidine groups is 1. The lowest BCUT2D eigenvalue weighted by Gasteiger charge is -2.12. The fourth-order valence-electron chi connectivity index (χ4n) is 1.67. The summed E-state index contributed by atoms with van der Waals surface area (Å²) in [5.74, 6) is 2.09. The third-order valence-electron chi connectivity index (χ3n) is 2.77. The minimum Gasteiger partial charge on any atom is -0.409 e. The van der Waals surface area contributed by atoms with E-state index < -0.39 is 5.82 Å². The number of nitrogens with zero attached hydrogens (tertiary/aromatic N) is 1. The molecule has 0 aliphatic rings. The van der Waals surface area contributed by atoms with Crippen LogP contribution in [0.25, 0.3) is 0 Å². The van der Waals surface area contributed by atoms with E-state index in [-0.39, 0.29) is 11.9 Å². The molecule has 19 heavy (non-hydrogen) atoms. The average Bonchev–Trinajstić information content (AvgIpc) is 2.43. The van der Waals surface area contributed by atoms with Crippen LogP contribution >= 0.6 is 0 Å². The van der Waals surface area contributed by atoms with Gasteiger partial charge in [-0.15, -0.1) is 6.42 Å². The highest BCUT2D eigenvalue weighted by Crippen LogP contribution is 2.11. The third-order valence-corrected chi connectivity index (χ3v) is 2.77. The molecule has 0 aliphatic carbocycles. The van der Waals surface area contributed by atoms with E-state index in [0.717, 1.165) is 12.8 Å². The molecule has 0 aromatic heterocycles. The number of nitrogens with one attached hydrogen (secondary N) is 1. The lowest BCUT2D eigenvalue weighted by Crippen LogP contribution is -2.27. The van der Waals surface area contributed by atoms with Crippen LogP contribution < -0.4 is 11.1 Å². The molecular formula is C14H18FN3O. The van der Waals surface area contributed by atoms with Crippen molar-refractivity contribution in [3.05, 3.63) is 35.1 Å². The lowest BCUT2D eigenvalue weighted by atomic mass is 10.1. The van der Waals surface area contributed by atoms with Gasteiger partial charge in [0.05, 0.1) is 6.04 Å². The number of hydrogen-bond donors (Lipinski definition) is 3. The Hall–Kier alpha value is -2.06. The second-order valence-corrected chi connectivity index (χ2v) is 4.18. The van der Waals surface area contributed by atoms with Gasteiger partial charge in [0.1, 0.15) is 5.82 Å². The first-order valence-corrected chi connectivity index (χ1v) is 6.08. The molecule has 0 fully saturated rings. The molecule has 4 nitrogen and oxygen atoms in total. The Morgan fingerprint density at radius 2 is 2.37 bits per heavy atom. The van der Waals surface area contributed by atoms with E-state index >= 15 is 0 Å². The van der Waals surface area contributed by atoms with Crippen molar-refractivity contribution in [2.45, 2.75) is 32.4 Å². The number of nitrogens with two attached hydrogens (primary N) is 1. The zero-order valence-electron chi connectivity index (χ0n) is 10.9. The van der Waals surface area contributed by atoms with Crippen LogP contribution in [-0.2, 0) is 6.54 Å². The van der Waals surface area contributed by atoms with E-state index in [4.69, 9.17) is 17.4 Å². The fourth-order valence-corrected chi connectivity index (χ4v) is 1.67. The van der Waals surface area contributed by atoms with Crippen LogP contribution in [0.15, 0.2) is 23.4 Å². The van der Waals surface area contributed by atoms with Crippen molar-refractivity contribution < 1.29 is 9.60 Å². The molecule has 0 amide bonds. The molecule has 1 aromatic rings. The predicted molar refractivity (Wildman–Crippen MR) is 73.3 cm³/mol. The number of oxime groups is 1. The highest BCUT2D eigenvalue weighted by molar-refractivity contribution is 5.97. The summed E-state index contributed by atoms with van der Waals surface area (Å²) in [5.41, 5.74) is 6.22. The van der Waals surface area contributed by atoms with Gasteiger partial charge in [-0.3, -0.25) is 5.32 Å². The van der Waals surface area contributed by atoms with Crippen molar-refractivity contribution in [3.63, 3.8) is 0 Å². The first-order valence-electron chi connectivity index (χ1n) is 6.08. The SMILES string of the molecule is C#CC(CCC)NCc1ccc(/C(N)=N/O)cc1F. The minimum atomic E-state index is -0.413. The largest absolute Gasteiger partial charge is 0.409 e. The molecule has 0 spiro atoms. The molecule has 0 bridgehead atoms. The summed E-state index contributed by atoms with van der Waals surface area (Å²) in [6, 6.07) is 4.36. The monoisotopic (exact) mass is 263 g/mol. The van der Waals surface area contributed by atoms with Crippen molar-refractivity contribution in [1.82, 2.24) is 5.32 Å². The Kier molecular flexibility index (Phi) is 5.83. The van der Waals surface area contributed by atoms with Crippen molar-refractivity contribution in [3.8, 4) is 12.3 Å². The molecule has 102 valence electrons. The molecule has 4 N–H and O–H groups in total. The molecule has 0 radical (unpaired) electrons. The number of hydrogen-bond acceptors (Lipinski definition) is 3. The Bertz CT molecular complexity index is 494. The summed E-state index contributed by atoms with van der Waals surface area (Å²) in [4.78, 5) is 0. The maximum absolute atomic E-state index is 13.8. The minimum absolute atomic E-state index is 0.0619. The van der Waals surface area contributed by atoms with E-state index in [0.29, 0.717) is 17.7 Å². The molecule has 0 saturated carbocycles. The zero-order chi connectivity index (χ0) is 14.3. The van der Waals surface area contributed by atoms with Crippen LogP contribution in [0.2, 0.25) is 0 Å². The molecule has 1 atom stereocenters. The summed E-state index contributed by atoms with van der Waals surface area (Å²) >= 11 is 0. The molecule has 0 aliphatic heterocycles. The molecular weight excluding hydrogens is 245 g/mol. The van der Waals surface area contributed by atoms with Gasteiger partial charge < -0.3 is 10.9 Å². The van der Waals surface area contributed by atoms with E-state index in [1.54, 1.807) is 12.1 Å². The van der Waals surface area contributed by atoms with Crippen LogP contribution in [0.4, 0.5) is 4.39 Å². The Labute approximate surface area is 112 Å². The van der Waals surface area contributed by atoms with Gasteiger partial charge in [0.15, 0.2) is 5.84 Å². The maximum atomic E-state index is 13.8. The van der Waals surface area contributed by atoms with Gasteiger partial charge in [-0.1, -0.05) is 36.6 Å². The average molecular weight is 263 g/mol. The van der Waals surface area contributed by atoms with Gasteiger partial charge in [-0.25, -0.2) is 4.39 Å². The summed E-state index contributed by atoms with van der Waals surface area (Å²) in [6.07, 6.45) is 7.19. The molecule has 1 unspecified atom stereocenters. The Balaban J connectivity index is 2.73. The highest BCUT2D eigenvalue weighted by atomic mass is 19.1. The number of benzene rings is 1. The predicted octanol–water partition coefficient (Wildman–Crippen LogP) is 1.81. The summed E-state index contributed by atoms with van der Waals surface area (Å²) in [6.45, 7) is 2.38. The number of terminal acetylenes is 1. The van der Waals surface area contributed by atoms with Crippen LogP contribution in [0.5, 0.6) is 0 Å². The normalized spacial score (nSPS) is 13.0. The van der Waals surface area contributed by atoms with E-state index in [2.05, 4.69) is 16.4 Å². The van der Waals surface area contributed by atoms with Gasteiger partial charge in [0.2, 0.25) is 0 Å². The highest BCUT2D eigenvalue weighted by Gasteiger charge is 2.08. The van der Waals surface area contributed by atoms with Crippen molar-refractivity contribution in [1.29, 1.82) is 0 Å². The summed E-state index contributed by atoms with van der Waals surface area (Å²) < 4.78 is 13.8. The van der Waals surface area contributed by atoms with Gasteiger partial charge in [-0.2, -0.15) is 0 Å². The fraction of sp³-hybridized carbons (Fsp3) is 0.357. The van der Waals surface area contributed by atoms with Crippen LogP contribution in [0, 0.1) is 18.2 Å². The van der Waals surface area contributed by atoms with E-state index in [1.807, 2.05) is 6.92 Å². The maximum Gasteiger partial charge on any atom is 0.170 e. The van der Waals surface area contributed by atoms with Crippen molar-refractivity contribution >= 4 is 5.84 Å². The molecule has 0 heterocycles. The molecule has 1 rings (SSSR count). The topological polar surface area (TPSA) is 70.6 Å². The summed E-state index contributed by atoms with van der Waals surface area (Å²) in [7, 11) is 0. The third kappa shape index (κ3) is 4.27. The van der Waals surface area contributed by atoms with E-state index in [9.17, 15) is 4.39 Å². The Morgan fingerprint density at radius 1 is 1.63 bits per heavy atom. The van der Waals surface area contributed by atoms with Crippen molar-refractivity contribution in [2.24, 2.45) is 10.9 Å². The van der Waals surface area contributed by atoms with Crippen molar-refractivity contribution in [2.75, 3.05) is 0 Å². The van der Waals surface area contributed by atoms with Crippen LogP contribution in [-0.4, -0.2) is 17.1 Å². The first-order chi connectivity index (χ1) is 9.12. The van der Waals surface area contributed by atoms with Gasteiger partial charge in [0, 0.05) is 17.7 Å². The van der Waals surface area contributed by atoms with Gasteiger partial charge in [-0.05, 0) is 12.5 Å². The number of halogens is 1. The lowest BCUT2D eigenvalue weighted by molar-refractivity contribution is 0.318.